The molecule has 156 valence electrons. The van der Waals surface area contributed by atoms with Crippen LogP contribution in [0.15, 0.2) is 72.9 Å². The van der Waals surface area contributed by atoms with Crippen LogP contribution in [-0.4, -0.2) is 41.6 Å². The predicted molar refractivity (Wildman–Crippen MR) is 118 cm³/mol. The van der Waals surface area contributed by atoms with E-state index < -0.39 is 17.4 Å². The summed E-state index contributed by atoms with van der Waals surface area (Å²) in [5.74, 6) is -1.11. The van der Waals surface area contributed by atoms with Gasteiger partial charge in [0.2, 0.25) is 11.8 Å². The molecule has 4 heterocycles. The van der Waals surface area contributed by atoms with Crippen molar-refractivity contribution < 1.29 is 14.3 Å². The van der Waals surface area contributed by atoms with Crippen LogP contribution in [0.4, 0.5) is 5.69 Å². The number of para-hydroxylation sites is 2. The Hall–Kier alpha value is -3.38. The van der Waals surface area contributed by atoms with Crippen LogP contribution in [0, 0.1) is 11.8 Å². The minimum absolute atomic E-state index is 0.0326. The highest BCUT2D eigenvalue weighted by molar-refractivity contribution is 6.03. The number of ether oxygens (including phenoxy) is 1. The Morgan fingerprint density at radius 1 is 1.16 bits per heavy atom. The van der Waals surface area contributed by atoms with Gasteiger partial charge in [0.25, 0.3) is 0 Å². The van der Waals surface area contributed by atoms with E-state index in [4.69, 9.17) is 4.74 Å². The van der Waals surface area contributed by atoms with Crippen molar-refractivity contribution in [1.82, 2.24) is 10.3 Å². The molecule has 6 heteroatoms. The number of hydrogen-bond donors (Lipinski definition) is 2. The standard InChI is InChI=1S/C25H23N3O3/c29-23(26-13-11-16-14-27-19-9-5-4-8-18(16)19)21-20-10-12-25(31-20)15-28(24(30)22(21)25)17-6-2-1-3-7-17/h1-10,12,14,20-22,27H,11,13,15H2,(H,26,29)/t20-,21-,22+,25+/m1/s1. The zero-order chi connectivity index (χ0) is 21.0. The number of carbonyl (C=O) groups excluding carboxylic acids is 2. The molecule has 0 unspecified atom stereocenters. The molecule has 1 spiro atoms. The fourth-order valence-electron chi connectivity index (χ4n) is 5.40. The van der Waals surface area contributed by atoms with E-state index in [2.05, 4.69) is 16.4 Å². The van der Waals surface area contributed by atoms with E-state index in [1.165, 1.54) is 10.9 Å². The van der Waals surface area contributed by atoms with Crippen LogP contribution >= 0.6 is 0 Å². The quantitative estimate of drug-likeness (QED) is 0.632. The lowest BCUT2D eigenvalue weighted by Crippen LogP contribution is -2.44. The van der Waals surface area contributed by atoms with Gasteiger partial charge in [-0.05, 0) is 30.2 Å². The number of benzene rings is 2. The fourth-order valence-corrected chi connectivity index (χ4v) is 5.40. The van der Waals surface area contributed by atoms with Crippen LogP contribution in [-0.2, 0) is 20.7 Å². The molecule has 6 rings (SSSR count). The first-order chi connectivity index (χ1) is 15.2. The summed E-state index contributed by atoms with van der Waals surface area (Å²) in [6.45, 7) is 0.969. The van der Waals surface area contributed by atoms with E-state index in [9.17, 15) is 9.59 Å². The number of H-pyrrole nitrogens is 1. The van der Waals surface area contributed by atoms with Crippen molar-refractivity contribution >= 4 is 28.4 Å². The van der Waals surface area contributed by atoms with Gasteiger partial charge in [-0.2, -0.15) is 0 Å². The van der Waals surface area contributed by atoms with Gasteiger partial charge in [0.05, 0.1) is 24.5 Å². The van der Waals surface area contributed by atoms with Crippen LogP contribution in [0.5, 0.6) is 0 Å². The molecule has 3 aliphatic heterocycles. The van der Waals surface area contributed by atoms with Crippen molar-refractivity contribution in [3.8, 4) is 0 Å². The van der Waals surface area contributed by atoms with Gasteiger partial charge in [0.1, 0.15) is 5.60 Å². The average molecular weight is 413 g/mol. The lowest BCUT2D eigenvalue weighted by Gasteiger charge is -2.23. The van der Waals surface area contributed by atoms with Crippen LogP contribution in [0.2, 0.25) is 0 Å². The minimum atomic E-state index is -0.698. The van der Waals surface area contributed by atoms with Crippen LogP contribution < -0.4 is 10.2 Å². The Bertz CT molecular complexity index is 1200. The molecular formula is C25H23N3O3. The second-order valence-electron chi connectivity index (χ2n) is 8.56. The van der Waals surface area contributed by atoms with Gasteiger partial charge in [-0.25, -0.2) is 0 Å². The SMILES string of the molecule is O=C(NCCc1c[nH]c2ccccc12)[C@H]1[C@H]2C(=O)N(c3ccccc3)C[C@@]23C=C[C@H]1O3. The van der Waals surface area contributed by atoms with Crippen LogP contribution in [0.3, 0.4) is 0 Å². The summed E-state index contributed by atoms with van der Waals surface area (Å²) < 4.78 is 6.21. The second kappa shape index (κ2) is 6.82. The van der Waals surface area contributed by atoms with Gasteiger partial charge in [0.15, 0.2) is 0 Å². The number of amides is 2. The number of aromatic nitrogens is 1. The van der Waals surface area contributed by atoms with E-state index in [-0.39, 0.29) is 17.9 Å². The van der Waals surface area contributed by atoms with Crippen molar-refractivity contribution in [2.24, 2.45) is 11.8 Å². The molecule has 3 aromatic rings. The first kappa shape index (κ1) is 18.4. The van der Waals surface area contributed by atoms with Crippen molar-refractivity contribution in [2.75, 3.05) is 18.0 Å². The first-order valence-electron chi connectivity index (χ1n) is 10.7. The Labute approximate surface area is 179 Å². The molecule has 0 saturated carbocycles. The lowest BCUT2D eigenvalue weighted by atomic mass is 9.77. The predicted octanol–water partition coefficient (Wildman–Crippen LogP) is 2.81. The summed E-state index contributed by atoms with van der Waals surface area (Å²) in [7, 11) is 0. The molecule has 31 heavy (non-hydrogen) atoms. The Kier molecular flexibility index (Phi) is 4.05. The Balaban J connectivity index is 1.18. The normalized spacial score (nSPS) is 28.5. The van der Waals surface area contributed by atoms with Gasteiger partial charge >= 0.3 is 0 Å². The number of nitrogens with one attached hydrogen (secondary N) is 2. The van der Waals surface area contributed by atoms with Crippen molar-refractivity contribution in [3.63, 3.8) is 0 Å². The highest BCUT2D eigenvalue weighted by atomic mass is 16.5. The number of rotatable bonds is 5. The molecule has 2 amide bonds. The molecule has 4 atom stereocenters. The molecular weight excluding hydrogens is 390 g/mol. The molecule has 0 radical (unpaired) electrons. The number of nitrogens with zero attached hydrogens (tertiary/aromatic N) is 1. The number of fused-ring (bicyclic) bond motifs is 2. The fraction of sp³-hybridized carbons (Fsp3) is 0.280. The third-order valence-electron chi connectivity index (χ3n) is 6.84. The molecule has 2 bridgehead atoms. The Morgan fingerprint density at radius 3 is 2.84 bits per heavy atom. The monoisotopic (exact) mass is 413 g/mol. The second-order valence-corrected chi connectivity index (χ2v) is 8.56. The van der Waals surface area contributed by atoms with Gasteiger partial charge < -0.3 is 19.9 Å². The summed E-state index contributed by atoms with van der Waals surface area (Å²) in [5, 5.41) is 4.23. The maximum atomic E-state index is 13.3. The molecule has 2 saturated heterocycles. The van der Waals surface area contributed by atoms with Gasteiger partial charge in [-0.15, -0.1) is 0 Å². The van der Waals surface area contributed by atoms with E-state index in [0.29, 0.717) is 13.1 Å². The third kappa shape index (κ3) is 2.75. The Morgan fingerprint density at radius 2 is 1.97 bits per heavy atom. The summed E-state index contributed by atoms with van der Waals surface area (Å²) in [5.41, 5.74) is 2.41. The molecule has 1 aromatic heterocycles. The van der Waals surface area contributed by atoms with Crippen molar-refractivity contribution in [1.29, 1.82) is 0 Å². The molecule has 2 fully saturated rings. The highest BCUT2D eigenvalue weighted by Crippen LogP contribution is 2.52. The molecule has 2 aromatic carbocycles. The zero-order valence-electron chi connectivity index (χ0n) is 17.0. The molecule has 0 aliphatic carbocycles. The number of aromatic amines is 1. The van der Waals surface area contributed by atoms with E-state index in [0.717, 1.165) is 17.6 Å². The van der Waals surface area contributed by atoms with E-state index >= 15 is 0 Å². The van der Waals surface area contributed by atoms with Crippen LogP contribution in [0.25, 0.3) is 10.9 Å². The van der Waals surface area contributed by atoms with E-state index in [1.54, 1.807) is 4.90 Å². The third-order valence-corrected chi connectivity index (χ3v) is 6.84. The largest absolute Gasteiger partial charge is 0.361 e. The topological polar surface area (TPSA) is 74.4 Å². The summed E-state index contributed by atoms with van der Waals surface area (Å²) in [4.78, 5) is 31.5. The summed E-state index contributed by atoms with van der Waals surface area (Å²) in [6, 6.07) is 17.7. The maximum absolute atomic E-state index is 13.3. The van der Waals surface area contributed by atoms with Gasteiger partial charge in [-0.1, -0.05) is 48.6 Å². The number of hydrogen-bond acceptors (Lipinski definition) is 3. The maximum Gasteiger partial charge on any atom is 0.234 e. The average Bonchev–Trinajstić information content (AvgIpc) is 3.54. The summed E-state index contributed by atoms with van der Waals surface area (Å²) in [6.07, 6.45) is 6.32. The number of anilines is 1. The first-order valence-corrected chi connectivity index (χ1v) is 10.7. The van der Waals surface area contributed by atoms with Gasteiger partial charge in [0, 0.05) is 29.3 Å². The lowest BCUT2D eigenvalue weighted by molar-refractivity contribution is -0.131. The van der Waals surface area contributed by atoms with Crippen molar-refractivity contribution in [2.45, 2.75) is 18.1 Å². The molecule has 6 nitrogen and oxygen atoms in total. The molecule has 3 aliphatic rings. The van der Waals surface area contributed by atoms with Crippen molar-refractivity contribution in [3.05, 3.63) is 78.5 Å². The summed E-state index contributed by atoms with van der Waals surface area (Å²) >= 11 is 0. The van der Waals surface area contributed by atoms with Crippen LogP contribution in [0.1, 0.15) is 5.56 Å². The molecule has 2 N–H and O–H groups in total. The number of carbonyl (C=O) groups is 2. The van der Waals surface area contributed by atoms with Gasteiger partial charge in [-0.3, -0.25) is 9.59 Å². The minimum Gasteiger partial charge on any atom is -0.361 e. The zero-order valence-corrected chi connectivity index (χ0v) is 17.0. The smallest absolute Gasteiger partial charge is 0.234 e. The highest BCUT2D eigenvalue weighted by Gasteiger charge is 2.66. The van der Waals surface area contributed by atoms with E-state index in [1.807, 2.05) is 66.9 Å².